The molecule has 0 aliphatic carbocycles. The van der Waals surface area contributed by atoms with E-state index in [2.05, 4.69) is 29.2 Å². The molecule has 0 atom stereocenters. The second kappa shape index (κ2) is 6.65. The maximum absolute atomic E-state index is 12.1. The first kappa shape index (κ1) is 14.7. The van der Waals surface area contributed by atoms with Crippen LogP contribution in [0.1, 0.15) is 46.6 Å². The van der Waals surface area contributed by atoms with Gasteiger partial charge >= 0.3 is 0 Å². The van der Waals surface area contributed by atoms with Crippen molar-refractivity contribution in [3.05, 3.63) is 34.0 Å². The molecule has 0 spiro atoms. The van der Waals surface area contributed by atoms with Gasteiger partial charge in [-0.15, -0.1) is 11.3 Å². The van der Waals surface area contributed by atoms with Crippen molar-refractivity contribution in [2.75, 3.05) is 6.54 Å². The number of rotatable bonds is 6. The molecular formula is C14H20N4OS. The first-order valence-electron chi connectivity index (χ1n) is 6.81. The van der Waals surface area contributed by atoms with E-state index in [4.69, 9.17) is 0 Å². The van der Waals surface area contributed by atoms with E-state index in [1.54, 1.807) is 6.20 Å². The smallest absolute Gasteiger partial charge is 0.263 e. The van der Waals surface area contributed by atoms with Crippen molar-refractivity contribution in [2.45, 2.75) is 39.7 Å². The van der Waals surface area contributed by atoms with E-state index < -0.39 is 0 Å². The lowest BCUT2D eigenvalue weighted by Crippen LogP contribution is -2.25. The average Bonchev–Trinajstić information content (AvgIpc) is 3.03. The van der Waals surface area contributed by atoms with Gasteiger partial charge in [0.1, 0.15) is 4.88 Å². The lowest BCUT2D eigenvalue weighted by Gasteiger charge is -2.04. The molecule has 0 fully saturated rings. The minimum Gasteiger partial charge on any atom is -0.351 e. The maximum atomic E-state index is 12.1. The van der Waals surface area contributed by atoms with E-state index in [1.165, 1.54) is 11.3 Å². The van der Waals surface area contributed by atoms with Crippen LogP contribution in [0.4, 0.5) is 0 Å². The fraction of sp³-hybridized carbons (Fsp3) is 0.500. The van der Waals surface area contributed by atoms with Crippen molar-refractivity contribution in [1.82, 2.24) is 20.1 Å². The van der Waals surface area contributed by atoms with Gasteiger partial charge in [0.15, 0.2) is 0 Å². The minimum atomic E-state index is -0.0210. The summed E-state index contributed by atoms with van der Waals surface area (Å²) in [6.07, 6.45) is 4.54. The highest BCUT2D eigenvalue weighted by atomic mass is 32.1. The third-order valence-electron chi connectivity index (χ3n) is 2.92. The zero-order valence-corrected chi connectivity index (χ0v) is 12.9. The summed E-state index contributed by atoms with van der Waals surface area (Å²) < 4.78 is 1.86. The van der Waals surface area contributed by atoms with Gasteiger partial charge in [0, 0.05) is 31.4 Å². The highest BCUT2D eigenvalue weighted by Crippen LogP contribution is 2.24. The molecule has 20 heavy (non-hydrogen) atoms. The second-order valence-electron chi connectivity index (χ2n) is 5.00. The van der Waals surface area contributed by atoms with Gasteiger partial charge in [-0.05, 0) is 19.4 Å². The molecule has 1 N–H and O–H groups in total. The summed E-state index contributed by atoms with van der Waals surface area (Å²) in [6, 6.07) is 1.90. The van der Waals surface area contributed by atoms with Crippen LogP contribution in [-0.2, 0) is 6.54 Å². The van der Waals surface area contributed by atoms with E-state index >= 15 is 0 Å². The molecule has 2 aromatic rings. The number of nitrogens with one attached hydrogen (secondary N) is 1. The number of hydrogen-bond acceptors (Lipinski definition) is 4. The molecular weight excluding hydrogens is 272 g/mol. The van der Waals surface area contributed by atoms with Crippen molar-refractivity contribution in [3.63, 3.8) is 0 Å². The fourth-order valence-corrected chi connectivity index (χ4v) is 2.82. The molecule has 0 bridgehead atoms. The van der Waals surface area contributed by atoms with Crippen molar-refractivity contribution >= 4 is 17.2 Å². The van der Waals surface area contributed by atoms with Crippen LogP contribution in [0.15, 0.2) is 18.5 Å². The molecule has 0 aliphatic rings. The number of thiazole rings is 1. The number of aryl methyl sites for hydroxylation is 2. The normalized spacial score (nSPS) is 11.0. The maximum Gasteiger partial charge on any atom is 0.263 e. The zero-order chi connectivity index (χ0) is 14.5. The Balaban J connectivity index is 1.82. The van der Waals surface area contributed by atoms with Gasteiger partial charge < -0.3 is 5.32 Å². The quantitative estimate of drug-likeness (QED) is 0.833. The van der Waals surface area contributed by atoms with Gasteiger partial charge in [-0.1, -0.05) is 13.8 Å². The molecule has 2 rings (SSSR count). The Morgan fingerprint density at radius 3 is 2.90 bits per heavy atom. The van der Waals surface area contributed by atoms with Gasteiger partial charge in [-0.2, -0.15) is 5.10 Å². The third kappa shape index (κ3) is 3.66. The Bertz CT molecular complexity index is 560. The van der Waals surface area contributed by atoms with Crippen LogP contribution >= 0.6 is 11.3 Å². The van der Waals surface area contributed by atoms with E-state index in [1.807, 2.05) is 23.9 Å². The van der Waals surface area contributed by atoms with Crippen LogP contribution in [0.25, 0.3) is 0 Å². The van der Waals surface area contributed by atoms with Crippen molar-refractivity contribution in [2.24, 2.45) is 0 Å². The predicted molar refractivity (Wildman–Crippen MR) is 80.1 cm³/mol. The lowest BCUT2D eigenvalue weighted by atomic mass is 10.2. The lowest BCUT2D eigenvalue weighted by molar-refractivity contribution is 0.0956. The summed E-state index contributed by atoms with van der Waals surface area (Å²) in [5.41, 5.74) is 0.822. The minimum absolute atomic E-state index is 0.0210. The average molecular weight is 292 g/mol. The first-order valence-corrected chi connectivity index (χ1v) is 7.62. The van der Waals surface area contributed by atoms with E-state index in [-0.39, 0.29) is 5.91 Å². The molecule has 0 saturated heterocycles. The molecule has 0 aliphatic heterocycles. The monoisotopic (exact) mass is 292 g/mol. The highest BCUT2D eigenvalue weighted by Gasteiger charge is 2.16. The third-order valence-corrected chi connectivity index (χ3v) is 4.38. The van der Waals surface area contributed by atoms with Crippen LogP contribution in [0.5, 0.6) is 0 Å². The van der Waals surface area contributed by atoms with Crippen LogP contribution in [-0.4, -0.2) is 27.2 Å². The summed E-state index contributed by atoms with van der Waals surface area (Å²) in [5.74, 6) is 0.340. The molecule has 2 heterocycles. The number of amides is 1. The Morgan fingerprint density at radius 1 is 1.50 bits per heavy atom. The van der Waals surface area contributed by atoms with Gasteiger partial charge in [0.05, 0.1) is 10.7 Å². The Kier molecular flexibility index (Phi) is 4.89. The van der Waals surface area contributed by atoms with Crippen molar-refractivity contribution in [1.29, 1.82) is 0 Å². The highest BCUT2D eigenvalue weighted by molar-refractivity contribution is 7.13. The van der Waals surface area contributed by atoms with E-state index in [9.17, 15) is 4.79 Å². The largest absolute Gasteiger partial charge is 0.351 e. The van der Waals surface area contributed by atoms with Crippen LogP contribution < -0.4 is 5.32 Å². The van der Waals surface area contributed by atoms with Crippen molar-refractivity contribution in [3.8, 4) is 0 Å². The standard InChI is InChI=1S/C14H20N4OS/c1-10(2)14-17-11(3)12(20-14)13(19)15-6-4-8-18-9-5-7-16-18/h5,7,9-10H,4,6,8H2,1-3H3,(H,15,19). The molecule has 0 saturated carbocycles. The molecule has 1 amide bonds. The molecule has 5 nitrogen and oxygen atoms in total. The summed E-state index contributed by atoms with van der Waals surface area (Å²) in [6.45, 7) is 7.52. The molecule has 108 valence electrons. The van der Waals surface area contributed by atoms with E-state index in [0.717, 1.165) is 28.5 Å². The molecule has 6 heteroatoms. The summed E-state index contributed by atoms with van der Waals surface area (Å²) in [5, 5.41) is 8.09. The second-order valence-corrected chi connectivity index (χ2v) is 6.03. The van der Waals surface area contributed by atoms with Crippen LogP contribution in [0, 0.1) is 6.92 Å². The van der Waals surface area contributed by atoms with Crippen molar-refractivity contribution < 1.29 is 4.79 Å². The zero-order valence-electron chi connectivity index (χ0n) is 12.1. The molecule has 0 radical (unpaired) electrons. The Morgan fingerprint density at radius 2 is 2.30 bits per heavy atom. The predicted octanol–water partition coefficient (Wildman–Crippen LogP) is 2.59. The first-order chi connectivity index (χ1) is 9.58. The molecule has 0 aromatic carbocycles. The fourth-order valence-electron chi connectivity index (χ4n) is 1.83. The van der Waals surface area contributed by atoms with Gasteiger partial charge in [0.2, 0.25) is 0 Å². The van der Waals surface area contributed by atoms with Gasteiger partial charge in [-0.3, -0.25) is 9.48 Å². The number of aromatic nitrogens is 3. The number of nitrogens with zero attached hydrogens (tertiary/aromatic N) is 3. The van der Waals surface area contributed by atoms with Crippen LogP contribution in [0.2, 0.25) is 0 Å². The number of carbonyl (C=O) groups is 1. The van der Waals surface area contributed by atoms with Gasteiger partial charge in [0.25, 0.3) is 5.91 Å². The SMILES string of the molecule is Cc1nc(C(C)C)sc1C(=O)NCCCn1cccn1. The topological polar surface area (TPSA) is 59.8 Å². The van der Waals surface area contributed by atoms with E-state index in [0.29, 0.717) is 12.5 Å². The molecule has 2 aromatic heterocycles. The summed E-state index contributed by atoms with van der Waals surface area (Å²) in [4.78, 5) is 17.3. The Labute approximate surface area is 123 Å². The summed E-state index contributed by atoms with van der Waals surface area (Å²) in [7, 11) is 0. The Hall–Kier alpha value is -1.69. The van der Waals surface area contributed by atoms with Crippen LogP contribution in [0.3, 0.4) is 0 Å². The summed E-state index contributed by atoms with van der Waals surface area (Å²) >= 11 is 1.49. The molecule has 0 unspecified atom stereocenters. The number of hydrogen-bond donors (Lipinski definition) is 1. The number of carbonyl (C=O) groups excluding carboxylic acids is 1. The van der Waals surface area contributed by atoms with Gasteiger partial charge in [-0.25, -0.2) is 4.98 Å².